The topological polar surface area (TPSA) is 67.4 Å². The second-order valence-electron chi connectivity index (χ2n) is 5.78. The van der Waals surface area contributed by atoms with Crippen molar-refractivity contribution in [3.63, 3.8) is 0 Å². The van der Waals surface area contributed by atoms with E-state index in [4.69, 9.17) is 4.74 Å². The minimum Gasteiger partial charge on any atom is -0.494 e. The third-order valence-electron chi connectivity index (χ3n) is 3.75. The lowest BCUT2D eigenvalue weighted by molar-refractivity contribution is 0.0950. The van der Waals surface area contributed by atoms with Gasteiger partial charge in [0.25, 0.3) is 11.8 Å². The number of anilines is 1. The third-order valence-corrected chi connectivity index (χ3v) is 4.61. The fourth-order valence-electron chi connectivity index (χ4n) is 2.42. The molecule has 6 heteroatoms. The van der Waals surface area contributed by atoms with Gasteiger partial charge in [0.05, 0.1) is 11.5 Å². The van der Waals surface area contributed by atoms with Gasteiger partial charge in [-0.3, -0.25) is 9.59 Å². The second kappa shape index (κ2) is 9.54. The van der Waals surface area contributed by atoms with Crippen molar-refractivity contribution in [3.05, 3.63) is 82.6 Å². The van der Waals surface area contributed by atoms with E-state index in [9.17, 15) is 9.59 Å². The Labute approximate surface area is 162 Å². The fourth-order valence-corrected chi connectivity index (χ4v) is 3.04. The van der Waals surface area contributed by atoms with Gasteiger partial charge in [0.1, 0.15) is 5.75 Å². The van der Waals surface area contributed by atoms with Gasteiger partial charge < -0.3 is 15.4 Å². The summed E-state index contributed by atoms with van der Waals surface area (Å²) in [5.41, 5.74) is 1.09. The quantitative estimate of drug-likeness (QED) is 0.576. The van der Waals surface area contributed by atoms with Crippen LogP contribution in [-0.4, -0.2) is 25.0 Å². The van der Waals surface area contributed by atoms with Crippen LogP contribution in [0.3, 0.4) is 0 Å². The minimum absolute atomic E-state index is 0.179. The number of rotatable bonds is 8. The zero-order chi connectivity index (χ0) is 18.9. The summed E-state index contributed by atoms with van der Waals surface area (Å²) < 4.78 is 5.59. The lowest BCUT2D eigenvalue weighted by Crippen LogP contribution is -2.25. The van der Waals surface area contributed by atoms with Crippen molar-refractivity contribution in [2.24, 2.45) is 0 Å². The molecule has 0 aliphatic rings. The number of hydrogen-bond donors (Lipinski definition) is 2. The summed E-state index contributed by atoms with van der Waals surface area (Å²) >= 11 is 1.37. The molecule has 0 atom stereocenters. The average molecular weight is 380 g/mol. The Morgan fingerprint density at radius 1 is 0.926 bits per heavy atom. The number of ether oxygens (including phenoxy) is 1. The molecule has 138 valence electrons. The van der Waals surface area contributed by atoms with Crippen LogP contribution in [0.25, 0.3) is 0 Å². The van der Waals surface area contributed by atoms with Gasteiger partial charge in [0.2, 0.25) is 0 Å². The number of nitrogens with one attached hydrogen (secondary N) is 2. The molecule has 3 rings (SSSR count). The number of para-hydroxylation sites is 1. The monoisotopic (exact) mass is 380 g/mol. The van der Waals surface area contributed by atoms with Gasteiger partial charge in [0.15, 0.2) is 0 Å². The van der Waals surface area contributed by atoms with E-state index in [-0.39, 0.29) is 11.8 Å². The summed E-state index contributed by atoms with van der Waals surface area (Å²) in [6, 6.07) is 20.0. The first-order valence-electron chi connectivity index (χ1n) is 8.63. The van der Waals surface area contributed by atoms with Gasteiger partial charge in [-0.25, -0.2) is 0 Å². The zero-order valence-electron chi connectivity index (χ0n) is 14.7. The highest BCUT2D eigenvalue weighted by Gasteiger charge is 2.09. The van der Waals surface area contributed by atoms with E-state index in [1.807, 2.05) is 41.8 Å². The maximum Gasteiger partial charge on any atom is 0.265 e. The molecule has 1 heterocycles. The molecule has 2 N–H and O–H groups in total. The van der Waals surface area contributed by atoms with Crippen molar-refractivity contribution in [2.45, 2.75) is 6.42 Å². The van der Waals surface area contributed by atoms with Gasteiger partial charge in [-0.1, -0.05) is 30.3 Å². The third kappa shape index (κ3) is 5.69. The Balaban J connectivity index is 1.45. The molecular formula is C21H20N2O3S. The van der Waals surface area contributed by atoms with Gasteiger partial charge in [-0.15, -0.1) is 11.3 Å². The number of carbonyl (C=O) groups excluding carboxylic acids is 2. The number of amides is 2. The molecule has 0 radical (unpaired) electrons. The largest absolute Gasteiger partial charge is 0.494 e. The summed E-state index contributed by atoms with van der Waals surface area (Å²) in [5.74, 6) is 0.459. The van der Waals surface area contributed by atoms with E-state index in [0.29, 0.717) is 35.7 Å². The molecule has 0 aliphatic heterocycles. The summed E-state index contributed by atoms with van der Waals surface area (Å²) in [6.07, 6.45) is 0.704. The Morgan fingerprint density at radius 3 is 2.56 bits per heavy atom. The molecule has 3 aromatic rings. The molecule has 0 saturated heterocycles. The van der Waals surface area contributed by atoms with Crippen LogP contribution in [0.4, 0.5) is 5.69 Å². The summed E-state index contributed by atoms with van der Waals surface area (Å²) in [5, 5.41) is 7.52. The van der Waals surface area contributed by atoms with Crippen LogP contribution in [0, 0.1) is 0 Å². The normalized spacial score (nSPS) is 10.2. The smallest absolute Gasteiger partial charge is 0.265 e. The van der Waals surface area contributed by atoms with E-state index < -0.39 is 0 Å². The molecule has 0 unspecified atom stereocenters. The van der Waals surface area contributed by atoms with Crippen LogP contribution < -0.4 is 15.4 Å². The fraction of sp³-hybridized carbons (Fsp3) is 0.143. The average Bonchev–Trinajstić information content (AvgIpc) is 3.24. The Hall–Kier alpha value is -3.12. The number of benzene rings is 2. The Bertz CT molecular complexity index is 879. The first kappa shape index (κ1) is 18.7. The molecule has 0 aliphatic carbocycles. The van der Waals surface area contributed by atoms with E-state index >= 15 is 0 Å². The summed E-state index contributed by atoms with van der Waals surface area (Å²) in [6.45, 7) is 1.04. The molecule has 2 amide bonds. The molecule has 0 bridgehead atoms. The van der Waals surface area contributed by atoms with E-state index in [0.717, 1.165) is 5.75 Å². The standard InChI is InChI=1S/C21H20N2O3S/c24-20(22-12-6-13-26-18-9-2-1-3-10-18)16-7-4-8-17(15-16)23-21(25)19-11-5-14-27-19/h1-5,7-11,14-15H,6,12-13H2,(H,22,24)(H,23,25). The predicted octanol–water partition coefficient (Wildman–Crippen LogP) is 4.20. The van der Waals surface area contributed by atoms with E-state index in [1.54, 1.807) is 30.3 Å². The van der Waals surface area contributed by atoms with Crippen LogP contribution >= 0.6 is 11.3 Å². The first-order chi connectivity index (χ1) is 13.2. The van der Waals surface area contributed by atoms with Crippen LogP contribution in [-0.2, 0) is 0 Å². The van der Waals surface area contributed by atoms with Gasteiger partial charge in [-0.05, 0) is 48.2 Å². The Morgan fingerprint density at radius 2 is 1.78 bits per heavy atom. The maximum atomic E-state index is 12.3. The molecular weight excluding hydrogens is 360 g/mol. The van der Waals surface area contributed by atoms with Gasteiger partial charge in [0, 0.05) is 17.8 Å². The van der Waals surface area contributed by atoms with Crippen molar-refractivity contribution in [1.82, 2.24) is 5.32 Å². The van der Waals surface area contributed by atoms with Crippen molar-refractivity contribution in [2.75, 3.05) is 18.5 Å². The van der Waals surface area contributed by atoms with Gasteiger partial charge in [-0.2, -0.15) is 0 Å². The van der Waals surface area contributed by atoms with Crippen LogP contribution in [0.15, 0.2) is 72.1 Å². The summed E-state index contributed by atoms with van der Waals surface area (Å²) in [7, 11) is 0. The summed E-state index contributed by atoms with van der Waals surface area (Å²) in [4.78, 5) is 25.0. The second-order valence-corrected chi connectivity index (χ2v) is 6.73. The van der Waals surface area contributed by atoms with Crippen LogP contribution in [0.1, 0.15) is 26.5 Å². The van der Waals surface area contributed by atoms with Crippen molar-refractivity contribution in [1.29, 1.82) is 0 Å². The molecule has 5 nitrogen and oxygen atoms in total. The van der Waals surface area contributed by atoms with Crippen molar-refractivity contribution < 1.29 is 14.3 Å². The highest BCUT2D eigenvalue weighted by atomic mass is 32.1. The SMILES string of the molecule is O=C(NCCCOc1ccccc1)c1cccc(NC(=O)c2cccs2)c1. The first-order valence-corrected chi connectivity index (χ1v) is 9.51. The van der Waals surface area contributed by atoms with Crippen LogP contribution in [0.5, 0.6) is 5.75 Å². The van der Waals surface area contributed by atoms with Gasteiger partial charge >= 0.3 is 0 Å². The predicted molar refractivity (Wildman–Crippen MR) is 108 cm³/mol. The van der Waals surface area contributed by atoms with E-state index in [2.05, 4.69) is 10.6 Å². The maximum absolute atomic E-state index is 12.3. The Kier molecular flexibility index (Phi) is 6.60. The highest BCUT2D eigenvalue weighted by Crippen LogP contribution is 2.15. The molecule has 2 aromatic carbocycles. The molecule has 27 heavy (non-hydrogen) atoms. The molecule has 0 spiro atoms. The van der Waals surface area contributed by atoms with E-state index in [1.165, 1.54) is 11.3 Å². The lowest BCUT2D eigenvalue weighted by atomic mass is 10.2. The van der Waals surface area contributed by atoms with Crippen LogP contribution in [0.2, 0.25) is 0 Å². The highest BCUT2D eigenvalue weighted by molar-refractivity contribution is 7.12. The zero-order valence-corrected chi connectivity index (χ0v) is 15.5. The minimum atomic E-state index is -0.180. The van der Waals surface area contributed by atoms with Crippen molar-refractivity contribution >= 4 is 28.8 Å². The lowest BCUT2D eigenvalue weighted by Gasteiger charge is -2.09. The number of hydrogen-bond acceptors (Lipinski definition) is 4. The van der Waals surface area contributed by atoms with Crippen molar-refractivity contribution in [3.8, 4) is 5.75 Å². The molecule has 0 saturated carbocycles. The molecule has 1 aromatic heterocycles. The number of carbonyl (C=O) groups is 2. The molecule has 0 fully saturated rings. The number of thiophene rings is 1.